The van der Waals surface area contributed by atoms with Gasteiger partial charge in [-0.05, 0) is 60.4 Å². The number of aromatic nitrogens is 5. The average molecular weight is 750 g/mol. The van der Waals surface area contributed by atoms with E-state index >= 15 is 0 Å². The Hall–Kier alpha value is -6.25. The van der Waals surface area contributed by atoms with E-state index in [1.165, 1.54) is 14.2 Å². The van der Waals surface area contributed by atoms with Crippen molar-refractivity contribution in [2.75, 3.05) is 33.9 Å². The Morgan fingerprint density at radius 2 is 1.55 bits per heavy atom. The van der Waals surface area contributed by atoms with Crippen LogP contribution >= 0.6 is 0 Å². The van der Waals surface area contributed by atoms with Crippen LogP contribution < -0.4 is 16.0 Å². The van der Waals surface area contributed by atoms with Crippen LogP contribution in [0.5, 0.6) is 0 Å². The molecule has 0 saturated carbocycles. The van der Waals surface area contributed by atoms with Crippen molar-refractivity contribution in [3.63, 3.8) is 0 Å². The number of nitrogens with one attached hydrogen (secondary N) is 5. The molecule has 15 nitrogen and oxygen atoms in total. The molecule has 6 rings (SSSR count). The first-order chi connectivity index (χ1) is 26.6. The van der Waals surface area contributed by atoms with Gasteiger partial charge in [0.2, 0.25) is 11.8 Å². The summed E-state index contributed by atoms with van der Waals surface area (Å²) >= 11 is 0. The highest BCUT2D eigenvalue weighted by Gasteiger charge is 2.37. The Morgan fingerprint density at radius 3 is 2.31 bits per heavy atom. The monoisotopic (exact) mass is 749 g/mol. The number of carbonyl (C=O) groups is 4. The number of carbonyl (C=O) groups excluding carboxylic acids is 4. The minimum absolute atomic E-state index is 0.103. The maximum absolute atomic E-state index is 13.5. The van der Waals surface area contributed by atoms with E-state index < -0.39 is 18.2 Å². The minimum atomic E-state index is -0.685. The van der Waals surface area contributed by atoms with Gasteiger partial charge in [-0.3, -0.25) is 14.6 Å². The fourth-order valence-corrected chi connectivity index (χ4v) is 6.70. The number of likely N-dealkylation sites (tertiary alicyclic amines) is 1. The highest BCUT2D eigenvalue weighted by atomic mass is 16.5. The number of methoxy groups -OCH3 is 2. The van der Waals surface area contributed by atoms with Gasteiger partial charge in [0.1, 0.15) is 17.7 Å². The fraction of sp³-hybridized carbons (Fsp3) is 0.375. The maximum atomic E-state index is 13.5. The van der Waals surface area contributed by atoms with E-state index in [1.54, 1.807) is 6.20 Å². The quantitative estimate of drug-likeness (QED) is 0.0908. The van der Waals surface area contributed by atoms with Gasteiger partial charge in [0.25, 0.3) is 0 Å². The molecule has 5 aromatic rings. The lowest BCUT2D eigenvalue weighted by Crippen LogP contribution is -2.51. The molecule has 1 aliphatic heterocycles. The molecule has 0 spiro atoms. The zero-order valence-corrected chi connectivity index (χ0v) is 31.5. The minimum Gasteiger partial charge on any atom is -0.453 e. The summed E-state index contributed by atoms with van der Waals surface area (Å²) in [6.45, 7) is 4.78. The lowest BCUT2D eigenvalue weighted by Gasteiger charge is -2.30. The average Bonchev–Trinajstić information content (AvgIpc) is 4.00. The summed E-state index contributed by atoms with van der Waals surface area (Å²) in [6, 6.07) is 15.7. The Morgan fingerprint density at radius 1 is 0.818 bits per heavy atom. The third-order valence-electron chi connectivity index (χ3n) is 9.73. The zero-order chi connectivity index (χ0) is 38.9. The molecule has 288 valence electrons. The van der Waals surface area contributed by atoms with Crippen molar-refractivity contribution in [1.29, 1.82) is 0 Å². The van der Waals surface area contributed by atoms with E-state index in [0.717, 1.165) is 88.3 Å². The van der Waals surface area contributed by atoms with Crippen molar-refractivity contribution in [3.05, 3.63) is 78.8 Å². The summed E-state index contributed by atoms with van der Waals surface area (Å²) in [7, 11) is 2.54. The molecule has 1 fully saturated rings. The molecule has 2 unspecified atom stereocenters. The zero-order valence-electron chi connectivity index (χ0n) is 31.5. The van der Waals surface area contributed by atoms with E-state index in [1.807, 2.05) is 31.1 Å². The third kappa shape index (κ3) is 9.47. The van der Waals surface area contributed by atoms with Crippen molar-refractivity contribution >= 4 is 34.9 Å². The molecule has 55 heavy (non-hydrogen) atoms. The summed E-state index contributed by atoms with van der Waals surface area (Å²) in [5, 5.41) is 8.82. The van der Waals surface area contributed by atoms with E-state index in [4.69, 9.17) is 9.72 Å². The number of unbranched alkanes of at least 4 members (excludes halogenated alkanes) is 1. The number of aromatic amines is 2. The van der Waals surface area contributed by atoms with Crippen LogP contribution in [0.3, 0.4) is 0 Å². The lowest BCUT2D eigenvalue weighted by molar-refractivity contribution is -0.135. The van der Waals surface area contributed by atoms with Crippen molar-refractivity contribution in [2.45, 2.75) is 58.0 Å². The molecule has 4 amide bonds. The van der Waals surface area contributed by atoms with Crippen LogP contribution in [0.1, 0.15) is 57.2 Å². The second kappa shape index (κ2) is 17.7. The van der Waals surface area contributed by atoms with Crippen LogP contribution in [0.2, 0.25) is 0 Å². The first-order valence-corrected chi connectivity index (χ1v) is 18.5. The second-order valence-corrected chi connectivity index (χ2v) is 13.8. The molecular weight excluding hydrogens is 702 g/mol. The number of ether oxygens (including phenoxy) is 2. The molecule has 0 bridgehead atoms. The number of nitrogens with zero attached hydrogens (tertiary/aromatic N) is 4. The topological polar surface area (TPSA) is 196 Å². The lowest BCUT2D eigenvalue weighted by atomic mass is 10.0. The first-order valence-electron chi connectivity index (χ1n) is 18.5. The number of H-pyrrole nitrogens is 2. The number of hydrogen-bond acceptors (Lipinski definition) is 9. The maximum Gasteiger partial charge on any atom is 0.407 e. The van der Waals surface area contributed by atoms with Crippen LogP contribution in [0.4, 0.5) is 9.59 Å². The van der Waals surface area contributed by atoms with Crippen molar-refractivity contribution < 1.29 is 28.7 Å². The van der Waals surface area contributed by atoms with Crippen LogP contribution in [0.15, 0.2) is 67.1 Å². The number of alkyl carbamates (subject to hydrolysis) is 2. The van der Waals surface area contributed by atoms with E-state index in [0.29, 0.717) is 13.1 Å². The second-order valence-electron chi connectivity index (χ2n) is 13.8. The largest absolute Gasteiger partial charge is 0.453 e. The fourth-order valence-electron chi connectivity index (χ4n) is 6.70. The van der Waals surface area contributed by atoms with Crippen molar-refractivity contribution in [3.8, 4) is 33.6 Å². The number of aryl methyl sites for hydroxylation is 1. The van der Waals surface area contributed by atoms with E-state index in [2.05, 4.69) is 89.2 Å². The number of pyridine rings is 1. The van der Waals surface area contributed by atoms with E-state index in [9.17, 15) is 19.2 Å². The smallest absolute Gasteiger partial charge is 0.407 e. The number of benzene rings is 2. The SMILES string of the molecule is COC(=O)NCC(=O)NCCCCc1ncc(-c2cnc3cc(-c4ccc(-c5cnc(C6CCCN6C(=O)C(NC(=O)OC)C(C)C)[nH]5)cc4)ccc3c2)[nH]1. The molecule has 0 radical (unpaired) electrons. The van der Waals surface area contributed by atoms with Gasteiger partial charge in [0, 0.05) is 36.7 Å². The van der Waals surface area contributed by atoms with Crippen LogP contribution in [-0.2, 0) is 25.5 Å². The number of amides is 4. The normalized spacial score (nSPS) is 14.5. The Labute approximate surface area is 319 Å². The Bertz CT molecular complexity index is 2130. The predicted octanol–water partition coefficient (Wildman–Crippen LogP) is 5.52. The van der Waals surface area contributed by atoms with Crippen molar-refractivity contribution in [2.24, 2.45) is 5.92 Å². The summed E-state index contributed by atoms with van der Waals surface area (Å²) in [4.78, 5) is 70.9. The van der Waals surface area contributed by atoms with Gasteiger partial charge in [-0.2, -0.15) is 0 Å². The van der Waals surface area contributed by atoms with Gasteiger partial charge in [0.05, 0.1) is 56.1 Å². The van der Waals surface area contributed by atoms with Gasteiger partial charge in [0.15, 0.2) is 0 Å². The van der Waals surface area contributed by atoms with Crippen LogP contribution in [0, 0.1) is 5.92 Å². The van der Waals surface area contributed by atoms with Crippen LogP contribution in [-0.4, -0.2) is 93.7 Å². The molecule has 5 N–H and O–H groups in total. The third-order valence-corrected chi connectivity index (χ3v) is 9.73. The van der Waals surface area contributed by atoms with Crippen LogP contribution in [0.25, 0.3) is 44.5 Å². The Balaban J connectivity index is 1.04. The number of rotatable bonds is 14. The molecular formula is C40H47N9O6. The summed E-state index contributed by atoms with van der Waals surface area (Å²) in [5.74, 6) is 1.08. The number of fused-ring (bicyclic) bond motifs is 1. The molecule has 3 aromatic heterocycles. The van der Waals surface area contributed by atoms with Gasteiger partial charge < -0.3 is 40.3 Å². The molecule has 4 heterocycles. The summed E-state index contributed by atoms with van der Waals surface area (Å²) in [5.41, 5.74) is 6.64. The van der Waals surface area contributed by atoms with Gasteiger partial charge in [-0.25, -0.2) is 19.6 Å². The summed E-state index contributed by atoms with van der Waals surface area (Å²) in [6.07, 6.45) is 8.17. The molecule has 1 aliphatic rings. The Kier molecular flexibility index (Phi) is 12.4. The summed E-state index contributed by atoms with van der Waals surface area (Å²) < 4.78 is 9.21. The first kappa shape index (κ1) is 38.5. The molecule has 15 heteroatoms. The van der Waals surface area contributed by atoms with Gasteiger partial charge in [-0.1, -0.05) is 50.2 Å². The standard InChI is InChI=1S/C40H47N9O6/c1-24(2)36(48-40(53)55-4)38(51)49-17-7-8-33(49)37-44-22-31(47-37)26-12-10-25(11-13-26)27-14-15-28-18-29(20-42-30(28)19-27)32-21-43-34(46-32)9-5-6-16-41-35(50)23-45-39(52)54-3/h10-15,18-22,24,33,36H,5-9,16-17,23H2,1-4H3,(H,41,50)(H,43,46)(H,44,47)(H,45,52)(H,48,53). The van der Waals surface area contributed by atoms with Gasteiger partial charge in [-0.15, -0.1) is 0 Å². The highest BCUT2D eigenvalue weighted by Crippen LogP contribution is 2.33. The molecule has 2 aromatic carbocycles. The van der Waals surface area contributed by atoms with E-state index in [-0.39, 0.29) is 30.3 Å². The molecule has 2 atom stereocenters. The molecule has 1 saturated heterocycles. The number of hydrogen-bond donors (Lipinski definition) is 5. The number of imidazole rings is 2. The molecule has 0 aliphatic carbocycles. The van der Waals surface area contributed by atoms with Crippen molar-refractivity contribution in [1.82, 2.24) is 45.8 Å². The predicted molar refractivity (Wildman–Crippen MR) is 207 cm³/mol. The van der Waals surface area contributed by atoms with Gasteiger partial charge >= 0.3 is 12.2 Å². The highest BCUT2D eigenvalue weighted by molar-refractivity contribution is 5.88.